The van der Waals surface area contributed by atoms with E-state index in [1.165, 1.54) is 32.3 Å². The summed E-state index contributed by atoms with van der Waals surface area (Å²) in [6, 6.07) is 29.6. The van der Waals surface area contributed by atoms with E-state index in [4.69, 9.17) is 0 Å². The fourth-order valence-electron chi connectivity index (χ4n) is 5.01. The Morgan fingerprint density at radius 2 is 1.14 bits per heavy atom. The molecule has 0 amide bonds. The normalized spacial score (nSPS) is 16.6. The van der Waals surface area contributed by atoms with Crippen molar-refractivity contribution >= 4 is 23.6 Å². The van der Waals surface area contributed by atoms with Crippen LogP contribution < -0.4 is 15.6 Å². The largest absolute Gasteiger partial charge is 0.176 e. The van der Waals surface area contributed by atoms with Crippen LogP contribution in [0.4, 0.5) is 0 Å². The third-order valence-electron chi connectivity index (χ3n) is 5.99. The maximum Gasteiger partial charge on any atom is 0.176 e. The second-order valence-electron chi connectivity index (χ2n) is 8.10. The Hall–Kier alpha value is -2.64. The highest BCUT2D eigenvalue weighted by Crippen LogP contribution is 2.33. The summed E-state index contributed by atoms with van der Waals surface area (Å²) in [5.41, 5.74) is 4.12. The molecule has 0 fully saturated rings. The Balaban J connectivity index is 2.17. The predicted molar refractivity (Wildman–Crippen MR) is 124 cm³/mol. The number of hydrogen-bond acceptors (Lipinski definition) is 0. The number of hydrogen-bond donors (Lipinski definition) is 0. The van der Waals surface area contributed by atoms with Gasteiger partial charge in [0, 0.05) is 0 Å². The molecule has 1 heteroatoms. The number of allylic oxidation sites excluding steroid dienone is 4. The van der Waals surface area contributed by atoms with Gasteiger partial charge in [0.1, 0.15) is 0 Å². The lowest BCUT2D eigenvalue weighted by Crippen LogP contribution is -2.69. The highest BCUT2D eigenvalue weighted by Gasteiger charge is 2.46. The lowest BCUT2D eigenvalue weighted by atomic mass is 10.2. The highest BCUT2D eigenvalue weighted by molar-refractivity contribution is 7.16. The zero-order valence-corrected chi connectivity index (χ0v) is 18.2. The van der Waals surface area contributed by atoms with Crippen molar-refractivity contribution in [1.82, 2.24) is 0 Å². The maximum absolute atomic E-state index is 2.44. The van der Waals surface area contributed by atoms with Gasteiger partial charge in [0.05, 0.1) is 0 Å². The molecule has 1 aliphatic rings. The van der Waals surface area contributed by atoms with Crippen molar-refractivity contribution < 1.29 is 0 Å². The first-order valence-electron chi connectivity index (χ1n) is 10.1. The SMILES string of the molecule is CC1=C([Si](c2ccccc2)(c2ccccc2)c2cc(C)cc(C)c2)C(C)C=C1. The van der Waals surface area contributed by atoms with Crippen LogP contribution >= 0.6 is 0 Å². The third kappa shape index (κ3) is 3.00. The molecule has 0 aliphatic heterocycles. The molecule has 3 aromatic rings. The van der Waals surface area contributed by atoms with Crippen LogP contribution in [0.5, 0.6) is 0 Å². The van der Waals surface area contributed by atoms with E-state index in [-0.39, 0.29) is 0 Å². The number of rotatable bonds is 4. The molecule has 4 rings (SSSR count). The predicted octanol–water partition coefficient (Wildman–Crippen LogP) is 4.84. The van der Waals surface area contributed by atoms with Gasteiger partial charge in [-0.3, -0.25) is 0 Å². The Bertz CT molecular complexity index is 982. The van der Waals surface area contributed by atoms with Gasteiger partial charge in [-0.2, -0.15) is 0 Å². The van der Waals surface area contributed by atoms with Crippen molar-refractivity contribution in [3.05, 3.63) is 113 Å². The molecule has 1 atom stereocenters. The molecular formula is C27H28Si. The van der Waals surface area contributed by atoms with Crippen LogP contribution in [0, 0.1) is 19.8 Å². The standard InChI is InChI=1S/C27H28Si/c1-20-17-21(2)19-26(18-20)28(24-11-7-5-8-12-24,25-13-9-6-10-14-25)27-22(3)15-16-23(27)4/h5-19,22H,1-4H3. The van der Waals surface area contributed by atoms with Crippen LogP contribution in [0.1, 0.15) is 25.0 Å². The molecule has 28 heavy (non-hydrogen) atoms. The van der Waals surface area contributed by atoms with Gasteiger partial charge < -0.3 is 0 Å². The van der Waals surface area contributed by atoms with E-state index in [0.717, 1.165) is 0 Å². The van der Waals surface area contributed by atoms with Crippen LogP contribution in [0.3, 0.4) is 0 Å². The van der Waals surface area contributed by atoms with Gasteiger partial charge in [-0.05, 0) is 42.2 Å². The Morgan fingerprint density at radius 1 is 0.643 bits per heavy atom. The molecule has 140 valence electrons. The van der Waals surface area contributed by atoms with E-state index < -0.39 is 8.07 Å². The van der Waals surface area contributed by atoms with E-state index in [2.05, 4.69) is 119 Å². The summed E-state index contributed by atoms with van der Waals surface area (Å²) in [5.74, 6) is 0.452. The highest BCUT2D eigenvalue weighted by atomic mass is 28.3. The summed E-state index contributed by atoms with van der Waals surface area (Å²) in [5, 5.41) is 6.05. The lowest BCUT2D eigenvalue weighted by molar-refractivity contribution is 0.924. The van der Waals surface area contributed by atoms with Crippen LogP contribution in [0.15, 0.2) is 102 Å². The summed E-state index contributed by atoms with van der Waals surface area (Å²) < 4.78 is 0. The maximum atomic E-state index is 2.44. The molecule has 0 N–H and O–H groups in total. The van der Waals surface area contributed by atoms with Crippen molar-refractivity contribution in [2.75, 3.05) is 0 Å². The van der Waals surface area contributed by atoms with E-state index in [1.807, 2.05) is 0 Å². The minimum atomic E-state index is -2.36. The molecule has 0 nitrogen and oxygen atoms in total. The van der Waals surface area contributed by atoms with Gasteiger partial charge in [-0.1, -0.05) is 120 Å². The molecule has 0 heterocycles. The second kappa shape index (κ2) is 7.41. The molecule has 0 saturated heterocycles. The average Bonchev–Trinajstić information content (AvgIpc) is 3.03. The van der Waals surface area contributed by atoms with Crippen molar-refractivity contribution in [2.45, 2.75) is 27.7 Å². The zero-order chi connectivity index (χ0) is 19.7. The molecule has 1 unspecified atom stereocenters. The monoisotopic (exact) mass is 380 g/mol. The summed E-state index contributed by atoms with van der Waals surface area (Å²) in [6.45, 7) is 9.11. The Kier molecular flexibility index (Phi) is 4.95. The lowest BCUT2D eigenvalue weighted by Gasteiger charge is -2.38. The van der Waals surface area contributed by atoms with Gasteiger partial charge in [0.25, 0.3) is 0 Å². The van der Waals surface area contributed by atoms with Crippen molar-refractivity contribution in [2.24, 2.45) is 5.92 Å². The second-order valence-corrected chi connectivity index (χ2v) is 11.9. The quantitative estimate of drug-likeness (QED) is 0.449. The molecule has 0 radical (unpaired) electrons. The number of benzene rings is 3. The van der Waals surface area contributed by atoms with E-state index >= 15 is 0 Å². The Labute approximate surface area is 170 Å². The molecule has 1 aliphatic carbocycles. The fourth-order valence-corrected chi connectivity index (χ4v) is 10.7. The minimum absolute atomic E-state index is 0.452. The van der Waals surface area contributed by atoms with Crippen LogP contribution in [0.25, 0.3) is 0 Å². The topological polar surface area (TPSA) is 0 Å². The van der Waals surface area contributed by atoms with E-state index in [0.29, 0.717) is 5.92 Å². The average molecular weight is 381 g/mol. The van der Waals surface area contributed by atoms with E-state index in [1.54, 1.807) is 5.20 Å². The summed E-state index contributed by atoms with van der Waals surface area (Å²) >= 11 is 0. The van der Waals surface area contributed by atoms with Gasteiger partial charge in [0.15, 0.2) is 8.07 Å². The zero-order valence-electron chi connectivity index (χ0n) is 17.2. The molecule has 0 aromatic heterocycles. The smallest absolute Gasteiger partial charge is 0.0777 e. The first-order chi connectivity index (χ1) is 13.5. The van der Waals surface area contributed by atoms with E-state index in [9.17, 15) is 0 Å². The third-order valence-corrected chi connectivity index (χ3v) is 11.2. The summed E-state index contributed by atoms with van der Waals surface area (Å²) in [7, 11) is -2.36. The van der Waals surface area contributed by atoms with Crippen molar-refractivity contribution in [3.8, 4) is 0 Å². The first-order valence-corrected chi connectivity index (χ1v) is 12.1. The van der Waals surface area contributed by atoms with Crippen molar-refractivity contribution in [3.63, 3.8) is 0 Å². The molecule has 3 aromatic carbocycles. The molecular weight excluding hydrogens is 352 g/mol. The first kappa shape index (κ1) is 18.7. The number of aryl methyl sites for hydroxylation is 2. The fraction of sp³-hybridized carbons (Fsp3) is 0.185. The van der Waals surface area contributed by atoms with Crippen molar-refractivity contribution in [1.29, 1.82) is 0 Å². The summed E-state index contributed by atoms with van der Waals surface area (Å²) in [6.07, 6.45) is 4.71. The van der Waals surface area contributed by atoms with Gasteiger partial charge in [-0.25, -0.2) is 0 Å². The van der Waals surface area contributed by atoms with Gasteiger partial charge in [0.2, 0.25) is 0 Å². The van der Waals surface area contributed by atoms with Gasteiger partial charge in [-0.15, -0.1) is 0 Å². The van der Waals surface area contributed by atoms with Gasteiger partial charge >= 0.3 is 0 Å². The molecule has 0 spiro atoms. The summed E-state index contributed by atoms with van der Waals surface area (Å²) in [4.78, 5) is 0. The van der Waals surface area contributed by atoms with Crippen LogP contribution in [0.2, 0.25) is 0 Å². The Morgan fingerprint density at radius 3 is 1.57 bits per heavy atom. The molecule has 0 saturated carbocycles. The molecule has 0 bridgehead atoms. The minimum Gasteiger partial charge on any atom is -0.0777 e. The van der Waals surface area contributed by atoms with Crippen LogP contribution in [-0.4, -0.2) is 8.07 Å². The van der Waals surface area contributed by atoms with Crippen LogP contribution in [-0.2, 0) is 0 Å².